The van der Waals surface area contributed by atoms with Crippen molar-refractivity contribution in [1.82, 2.24) is 15.1 Å². The summed E-state index contributed by atoms with van der Waals surface area (Å²) in [7, 11) is 0. The summed E-state index contributed by atoms with van der Waals surface area (Å²) in [5.41, 5.74) is 2.79. The number of hydrogen-bond acceptors (Lipinski definition) is 3. The summed E-state index contributed by atoms with van der Waals surface area (Å²) in [5.74, 6) is 0. The highest BCUT2D eigenvalue weighted by Gasteiger charge is 2.21. The number of hydrogen-bond donors (Lipinski definition) is 1. The maximum absolute atomic E-state index is 12.6. The monoisotopic (exact) mass is 297 g/mol. The molecule has 22 heavy (non-hydrogen) atoms. The summed E-state index contributed by atoms with van der Waals surface area (Å²) in [4.78, 5) is 12.6. The Morgan fingerprint density at radius 1 is 1.27 bits per heavy atom. The minimum absolute atomic E-state index is 0.0429. The molecule has 0 bridgehead atoms. The van der Waals surface area contributed by atoms with Crippen LogP contribution in [0, 0.1) is 0 Å². The van der Waals surface area contributed by atoms with Gasteiger partial charge in [-0.15, -0.1) is 0 Å². The zero-order valence-electron chi connectivity index (χ0n) is 13.1. The molecule has 0 unspecified atom stereocenters. The van der Waals surface area contributed by atoms with Gasteiger partial charge in [-0.1, -0.05) is 43.7 Å². The van der Waals surface area contributed by atoms with E-state index in [4.69, 9.17) is 0 Å². The Bertz CT molecular complexity index is 674. The van der Waals surface area contributed by atoms with Gasteiger partial charge in [0.1, 0.15) is 0 Å². The highest BCUT2D eigenvalue weighted by Crippen LogP contribution is 2.20. The largest absolute Gasteiger partial charge is 0.310 e. The van der Waals surface area contributed by atoms with E-state index in [1.54, 1.807) is 4.68 Å². The topological polar surface area (TPSA) is 46.9 Å². The van der Waals surface area contributed by atoms with E-state index in [1.165, 1.54) is 12.8 Å². The predicted molar refractivity (Wildman–Crippen MR) is 88.7 cm³/mol. The molecule has 1 heterocycles. The Morgan fingerprint density at radius 2 is 2.05 bits per heavy atom. The molecule has 1 fully saturated rings. The van der Waals surface area contributed by atoms with Gasteiger partial charge in [0, 0.05) is 30.3 Å². The van der Waals surface area contributed by atoms with Gasteiger partial charge in [-0.05, 0) is 25.3 Å². The van der Waals surface area contributed by atoms with E-state index in [1.807, 2.05) is 36.4 Å². The third-order valence-corrected chi connectivity index (χ3v) is 4.00. The molecule has 2 aromatic rings. The molecule has 116 valence electrons. The fraction of sp³-hybridized carbons (Fsp3) is 0.444. The first kappa shape index (κ1) is 15.0. The van der Waals surface area contributed by atoms with E-state index in [0.29, 0.717) is 19.1 Å². The summed E-state index contributed by atoms with van der Waals surface area (Å²) in [6.45, 7) is 3.45. The van der Waals surface area contributed by atoms with Gasteiger partial charge in [0.2, 0.25) is 0 Å². The van der Waals surface area contributed by atoms with Crippen LogP contribution < -0.4 is 10.9 Å². The van der Waals surface area contributed by atoms with E-state index in [2.05, 4.69) is 17.3 Å². The maximum atomic E-state index is 12.6. The van der Waals surface area contributed by atoms with E-state index >= 15 is 0 Å². The molecule has 1 aliphatic carbocycles. The third kappa shape index (κ3) is 3.63. The fourth-order valence-electron chi connectivity index (χ4n) is 2.47. The molecule has 1 N–H and O–H groups in total. The van der Waals surface area contributed by atoms with Gasteiger partial charge in [-0.25, -0.2) is 4.68 Å². The average Bonchev–Trinajstić information content (AvgIpc) is 3.38. The van der Waals surface area contributed by atoms with Crippen molar-refractivity contribution in [2.45, 2.75) is 51.7 Å². The quantitative estimate of drug-likeness (QED) is 0.854. The Hall–Kier alpha value is -1.94. The van der Waals surface area contributed by atoms with Crippen molar-refractivity contribution in [2.75, 3.05) is 0 Å². The van der Waals surface area contributed by atoms with Crippen LogP contribution in [0.25, 0.3) is 11.3 Å². The molecule has 0 spiro atoms. The van der Waals surface area contributed by atoms with Crippen molar-refractivity contribution in [3.8, 4) is 11.3 Å². The number of rotatable bonds is 7. The molecule has 1 aromatic carbocycles. The standard InChI is InChI=1S/C18H23N3O/c1-2-3-11-21-18(22)15(13-19-16-9-10-16)12-17(20-21)14-7-5-4-6-8-14/h4-8,12,16,19H,2-3,9-11,13H2,1H3. The second-order valence-corrected chi connectivity index (χ2v) is 5.96. The maximum Gasteiger partial charge on any atom is 0.271 e. The summed E-state index contributed by atoms with van der Waals surface area (Å²) in [6.07, 6.45) is 4.47. The van der Waals surface area contributed by atoms with Crippen LogP contribution in [0.3, 0.4) is 0 Å². The van der Waals surface area contributed by atoms with Crippen LogP contribution in [0.1, 0.15) is 38.2 Å². The van der Waals surface area contributed by atoms with Gasteiger partial charge in [0.05, 0.1) is 5.69 Å². The predicted octanol–water partition coefficient (Wildman–Crippen LogP) is 2.96. The van der Waals surface area contributed by atoms with E-state index < -0.39 is 0 Å². The van der Waals surface area contributed by atoms with Crippen LogP contribution in [-0.2, 0) is 13.1 Å². The molecule has 3 rings (SSSR count). The molecule has 4 nitrogen and oxygen atoms in total. The molecule has 0 amide bonds. The first-order valence-electron chi connectivity index (χ1n) is 8.17. The van der Waals surface area contributed by atoms with Crippen LogP contribution in [0.2, 0.25) is 0 Å². The van der Waals surface area contributed by atoms with Crippen molar-refractivity contribution in [1.29, 1.82) is 0 Å². The van der Waals surface area contributed by atoms with Crippen molar-refractivity contribution in [3.05, 3.63) is 52.3 Å². The molecule has 1 aliphatic rings. The summed E-state index contributed by atoms with van der Waals surface area (Å²) in [5, 5.41) is 7.99. The van der Waals surface area contributed by atoms with Gasteiger partial charge in [-0.2, -0.15) is 5.10 Å². The van der Waals surface area contributed by atoms with E-state index in [9.17, 15) is 4.79 Å². The highest BCUT2D eigenvalue weighted by atomic mass is 16.1. The molecule has 0 radical (unpaired) electrons. The zero-order chi connectivity index (χ0) is 15.4. The summed E-state index contributed by atoms with van der Waals surface area (Å²) in [6, 6.07) is 12.6. The SMILES string of the molecule is CCCCn1nc(-c2ccccc2)cc(CNC2CC2)c1=O. The van der Waals surface area contributed by atoms with Gasteiger partial charge < -0.3 is 5.32 Å². The van der Waals surface area contributed by atoms with Crippen molar-refractivity contribution < 1.29 is 0 Å². The number of unbranched alkanes of at least 4 members (excludes halogenated alkanes) is 1. The number of benzene rings is 1. The van der Waals surface area contributed by atoms with Crippen LogP contribution in [0.4, 0.5) is 0 Å². The molecule has 1 saturated carbocycles. The molecule has 1 aromatic heterocycles. The highest BCUT2D eigenvalue weighted by molar-refractivity contribution is 5.58. The van der Waals surface area contributed by atoms with Gasteiger partial charge in [0.25, 0.3) is 5.56 Å². The van der Waals surface area contributed by atoms with Crippen LogP contribution in [-0.4, -0.2) is 15.8 Å². The minimum atomic E-state index is 0.0429. The Labute approximate surface area is 131 Å². The molecular formula is C18H23N3O. The number of aromatic nitrogens is 2. The first-order chi connectivity index (χ1) is 10.8. The Balaban J connectivity index is 1.94. The van der Waals surface area contributed by atoms with Crippen LogP contribution in [0.15, 0.2) is 41.2 Å². The zero-order valence-corrected chi connectivity index (χ0v) is 13.1. The normalized spacial score (nSPS) is 14.2. The summed E-state index contributed by atoms with van der Waals surface area (Å²) >= 11 is 0. The third-order valence-electron chi connectivity index (χ3n) is 4.00. The number of nitrogens with one attached hydrogen (secondary N) is 1. The second-order valence-electron chi connectivity index (χ2n) is 5.96. The molecule has 0 aliphatic heterocycles. The smallest absolute Gasteiger partial charge is 0.271 e. The number of aryl methyl sites for hydroxylation is 1. The van der Waals surface area contributed by atoms with Crippen molar-refractivity contribution in [3.63, 3.8) is 0 Å². The summed E-state index contributed by atoms with van der Waals surface area (Å²) < 4.78 is 1.63. The average molecular weight is 297 g/mol. The molecule has 0 atom stereocenters. The lowest BCUT2D eigenvalue weighted by Crippen LogP contribution is -2.30. The lowest BCUT2D eigenvalue weighted by molar-refractivity contribution is 0.535. The Morgan fingerprint density at radius 3 is 2.73 bits per heavy atom. The van der Waals surface area contributed by atoms with Crippen molar-refractivity contribution >= 4 is 0 Å². The first-order valence-corrected chi connectivity index (χ1v) is 8.17. The molecular weight excluding hydrogens is 274 g/mol. The fourth-order valence-corrected chi connectivity index (χ4v) is 2.47. The lowest BCUT2D eigenvalue weighted by Gasteiger charge is -2.11. The van der Waals surface area contributed by atoms with Crippen molar-refractivity contribution in [2.24, 2.45) is 0 Å². The van der Waals surface area contributed by atoms with Gasteiger partial charge >= 0.3 is 0 Å². The van der Waals surface area contributed by atoms with E-state index in [0.717, 1.165) is 29.7 Å². The second kappa shape index (κ2) is 6.88. The van der Waals surface area contributed by atoms with E-state index in [-0.39, 0.29) is 5.56 Å². The van der Waals surface area contributed by atoms with Gasteiger partial charge in [-0.3, -0.25) is 4.79 Å². The minimum Gasteiger partial charge on any atom is -0.310 e. The van der Waals surface area contributed by atoms with Gasteiger partial charge in [0.15, 0.2) is 0 Å². The number of nitrogens with zero attached hydrogens (tertiary/aromatic N) is 2. The Kier molecular flexibility index (Phi) is 4.68. The van der Waals surface area contributed by atoms with Crippen LogP contribution in [0.5, 0.6) is 0 Å². The lowest BCUT2D eigenvalue weighted by atomic mass is 10.1. The van der Waals surface area contributed by atoms with Crippen LogP contribution >= 0.6 is 0 Å². The molecule has 0 saturated heterocycles. The molecule has 4 heteroatoms.